The topological polar surface area (TPSA) is 26.7 Å². The zero-order valence-corrected chi connectivity index (χ0v) is 12.9. The Morgan fingerprint density at radius 2 is 2.21 bits per heavy atom. The summed E-state index contributed by atoms with van der Waals surface area (Å²) in [4.78, 5) is 5.15. The molecule has 19 heavy (non-hydrogen) atoms. The molecule has 1 aromatic carbocycles. The molecule has 2 fully saturated rings. The maximum atomic E-state index is 9.24. The van der Waals surface area contributed by atoms with Gasteiger partial charge in [-0.05, 0) is 44.0 Å². The molecule has 2 atom stereocenters. The molecule has 1 aromatic rings. The fourth-order valence-corrected chi connectivity index (χ4v) is 3.88. The molecule has 2 heterocycles. The van der Waals surface area contributed by atoms with Crippen molar-refractivity contribution in [3.8, 4) is 0 Å². The van der Waals surface area contributed by atoms with Crippen LogP contribution in [0.2, 0.25) is 0 Å². The Morgan fingerprint density at radius 3 is 2.95 bits per heavy atom. The SMILES string of the molecule is CC1CN2CCCC2CN1c1ccc(CO)c(Br)c1. The largest absolute Gasteiger partial charge is 0.392 e. The van der Waals surface area contributed by atoms with Crippen molar-refractivity contribution in [1.29, 1.82) is 0 Å². The number of nitrogens with zero attached hydrogens (tertiary/aromatic N) is 2. The van der Waals surface area contributed by atoms with E-state index in [0.717, 1.165) is 22.6 Å². The number of fused-ring (bicyclic) bond motifs is 1. The van der Waals surface area contributed by atoms with E-state index in [1.165, 1.54) is 31.6 Å². The number of benzene rings is 1. The van der Waals surface area contributed by atoms with Crippen molar-refractivity contribution in [3.63, 3.8) is 0 Å². The first-order valence-electron chi connectivity index (χ1n) is 7.09. The van der Waals surface area contributed by atoms with E-state index in [9.17, 15) is 5.11 Å². The summed E-state index contributed by atoms with van der Waals surface area (Å²) in [6.45, 7) is 5.97. The van der Waals surface area contributed by atoms with Gasteiger partial charge in [0, 0.05) is 35.3 Å². The molecule has 0 spiro atoms. The minimum absolute atomic E-state index is 0.0901. The van der Waals surface area contributed by atoms with Gasteiger partial charge in [0.1, 0.15) is 0 Å². The Kier molecular flexibility index (Phi) is 3.83. The molecule has 3 rings (SSSR count). The second-order valence-corrected chi connectivity index (χ2v) is 6.58. The monoisotopic (exact) mass is 324 g/mol. The zero-order valence-electron chi connectivity index (χ0n) is 11.3. The zero-order chi connectivity index (χ0) is 13.4. The van der Waals surface area contributed by atoms with Gasteiger partial charge in [0.15, 0.2) is 0 Å². The molecule has 0 saturated carbocycles. The lowest BCUT2D eigenvalue weighted by molar-refractivity contribution is 0.203. The van der Waals surface area contributed by atoms with Gasteiger partial charge >= 0.3 is 0 Å². The predicted molar refractivity (Wildman–Crippen MR) is 81.5 cm³/mol. The number of aliphatic hydroxyl groups excluding tert-OH is 1. The average molecular weight is 325 g/mol. The molecule has 2 aliphatic rings. The van der Waals surface area contributed by atoms with Crippen LogP contribution in [0.3, 0.4) is 0 Å². The van der Waals surface area contributed by atoms with E-state index in [1.807, 2.05) is 6.07 Å². The van der Waals surface area contributed by atoms with Crippen LogP contribution < -0.4 is 4.90 Å². The van der Waals surface area contributed by atoms with E-state index in [-0.39, 0.29) is 6.61 Å². The molecular weight excluding hydrogens is 304 g/mol. The van der Waals surface area contributed by atoms with Crippen molar-refractivity contribution in [2.45, 2.75) is 38.5 Å². The number of hydrogen-bond donors (Lipinski definition) is 1. The number of halogens is 1. The average Bonchev–Trinajstić information content (AvgIpc) is 2.84. The van der Waals surface area contributed by atoms with Crippen molar-refractivity contribution >= 4 is 21.6 Å². The first-order chi connectivity index (χ1) is 9.19. The summed E-state index contributed by atoms with van der Waals surface area (Å²) in [7, 11) is 0. The highest BCUT2D eigenvalue weighted by molar-refractivity contribution is 9.10. The molecule has 0 radical (unpaired) electrons. The van der Waals surface area contributed by atoms with Crippen LogP contribution in [0, 0.1) is 0 Å². The van der Waals surface area contributed by atoms with Crippen LogP contribution >= 0.6 is 15.9 Å². The van der Waals surface area contributed by atoms with Gasteiger partial charge in [-0.15, -0.1) is 0 Å². The van der Waals surface area contributed by atoms with Crippen molar-refractivity contribution in [2.75, 3.05) is 24.5 Å². The van der Waals surface area contributed by atoms with Crippen LogP contribution in [0.15, 0.2) is 22.7 Å². The number of rotatable bonds is 2. The normalized spacial score (nSPS) is 27.6. The number of anilines is 1. The molecule has 2 unspecified atom stereocenters. The van der Waals surface area contributed by atoms with Gasteiger partial charge in [0.25, 0.3) is 0 Å². The van der Waals surface area contributed by atoms with Crippen molar-refractivity contribution in [3.05, 3.63) is 28.2 Å². The standard InChI is InChI=1S/C15H21BrN2O/c1-11-8-17-6-2-3-14(17)9-18(11)13-5-4-12(10-19)15(16)7-13/h4-5,7,11,14,19H,2-3,6,8-10H2,1H3. The summed E-state index contributed by atoms with van der Waals surface area (Å²) >= 11 is 3.55. The Hall–Kier alpha value is -0.580. The minimum atomic E-state index is 0.0901. The Balaban J connectivity index is 1.82. The van der Waals surface area contributed by atoms with Gasteiger partial charge in [0.05, 0.1) is 6.61 Å². The highest BCUT2D eigenvalue weighted by Crippen LogP contribution is 2.31. The van der Waals surface area contributed by atoms with Crippen molar-refractivity contribution in [2.24, 2.45) is 0 Å². The summed E-state index contributed by atoms with van der Waals surface area (Å²) in [5.41, 5.74) is 2.22. The quantitative estimate of drug-likeness (QED) is 0.905. The molecule has 2 saturated heterocycles. The molecule has 0 aromatic heterocycles. The third-order valence-electron chi connectivity index (χ3n) is 4.48. The van der Waals surface area contributed by atoms with E-state index >= 15 is 0 Å². The summed E-state index contributed by atoms with van der Waals surface area (Å²) in [6.07, 6.45) is 2.68. The van der Waals surface area contributed by atoms with Crippen LogP contribution in [-0.2, 0) is 6.61 Å². The van der Waals surface area contributed by atoms with Gasteiger partial charge in [-0.1, -0.05) is 22.0 Å². The highest BCUT2D eigenvalue weighted by Gasteiger charge is 2.34. The molecule has 104 valence electrons. The van der Waals surface area contributed by atoms with Crippen molar-refractivity contribution < 1.29 is 5.11 Å². The van der Waals surface area contributed by atoms with Crippen LogP contribution in [0.25, 0.3) is 0 Å². The first kappa shape index (κ1) is 13.4. The van der Waals surface area contributed by atoms with Gasteiger partial charge in [-0.2, -0.15) is 0 Å². The number of piperazine rings is 1. The van der Waals surface area contributed by atoms with Gasteiger partial charge in [0.2, 0.25) is 0 Å². The second-order valence-electron chi connectivity index (χ2n) is 5.73. The van der Waals surface area contributed by atoms with Crippen LogP contribution in [0.1, 0.15) is 25.3 Å². The third kappa shape index (κ3) is 2.54. The van der Waals surface area contributed by atoms with Gasteiger partial charge < -0.3 is 10.0 Å². The molecule has 0 aliphatic carbocycles. The lowest BCUT2D eigenvalue weighted by Crippen LogP contribution is -2.55. The number of hydrogen-bond acceptors (Lipinski definition) is 3. The summed E-state index contributed by atoms with van der Waals surface area (Å²) in [5, 5.41) is 9.24. The molecule has 1 N–H and O–H groups in total. The van der Waals surface area contributed by atoms with Gasteiger partial charge in [-0.25, -0.2) is 0 Å². The van der Waals surface area contributed by atoms with E-state index in [2.05, 4.69) is 44.8 Å². The van der Waals surface area contributed by atoms with E-state index in [4.69, 9.17) is 0 Å². The molecular formula is C15H21BrN2O. The van der Waals surface area contributed by atoms with E-state index in [0.29, 0.717) is 6.04 Å². The Morgan fingerprint density at radius 1 is 1.37 bits per heavy atom. The lowest BCUT2D eigenvalue weighted by Gasteiger charge is -2.43. The Labute approximate surface area is 123 Å². The number of aliphatic hydroxyl groups is 1. The molecule has 0 amide bonds. The first-order valence-corrected chi connectivity index (χ1v) is 7.88. The maximum Gasteiger partial charge on any atom is 0.0692 e. The minimum Gasteiger partial charge on any atom is -0.392 e. The highest BCUT2D eigenvalue weighted by atomic mass is 79.9. The summed E-state index contributed by atoms with van der Waals surface area (Å²) in [6, 6.07) is 7.59. The van der Waals surface area contributed by atoms with E-state index < -0.39 is 0 Å². The smallest absolute Gasteiger partial charge is 0.0692 e. The van der Waals surface area contributed by atoms with Crippen LogP contribution in [0.4, 0.5) is 5.69 Å². The predicted octanol–water partition coefficient (Wildman–Crippen LogP) is 2.61. The third-order valence-corrected chi connectivity index (χ3v) is 5.21. The fourth-order valence-electron chi connectivity index (χ4n) is 3.39. The summed E-state index contributed by atoms with van der Waals surface area (Å²) in [5.74, 6) is 0. The molecule has 3 nitrogen and oxygen atoms in total. The lowest BCUT2D eigenvalue weighted by atomic mass is 10.1. The summed E-state index contributed by atoms with van der Waals surface area (Å²) < 4.78 is 1.01. The second kappa shape index (κ2) is 5.43. The maximum absolute atomic E-state index is 9.24. The van der Waals surface area contributed by atoms with Gasteiger partial charge in [-0.3, -0.25) is 4.90 Å². The molecule has 0 bridgehead atoms. The van der Waals surface area contributed by atoms with Crippen LogP contribution in [0.5, 0.6) is 0 Å². The Bertz CT molecular complexity index is 465. The van der Waals surface area contributed by atoms with Crippen LogP contribution in [-0.4, -0.2) is 41.7 Å². The molecule has 4 heteroatoms. The van der Waals surface area contributed by atoms with Crippen molar-refractivity contribution in [1.82, 2.24) is 4.90 Å². The fraction of sp³-hybridized carbons (Fsp3) is 0.600. The molecule has 2 aliphatic heterocycles. The van der Waals surface area contributed by atoms with E-state index in [1.54, 1.807) is 0 Å².